The van der Waals surface area contributed by atoms with Crippen molar-refractivity contribution in [3.8, 4) is 0 Å². The van der Waals surface area contributed by atoms with Gasteiger partial charge in [-0.1, -0.05) is 115 Å². The monoisotopic (exact) mass is 1100 g/mol. The summed E-state index contributed by atoms with van der Waals surface area (Å²) < 4.78 is 60.9. The number of fused-ring (bicyclic) bond motifs is 1. The summed E-state index contributed by atoms with van der Waals surface area (Å²) in [5.41, 5.74) is 4.06. The first-order chi connectivity index (χ1) is 33.9. The van der Waals surface area contributed by atoms with Crippen LogP contribution in [0.3, 0.4) is 0 Å². The van der Waals surface area contributed by atoms with E-state index in [4.69, 9.17) is 10.5 Å². The summed E-state index contributed by atoms with van der Waals surface area (Å²) in [4.78, 5) is 97.1. The van der Waals surface area contributed by atoms with E-state index in [2.05, 4.69) is 62.5 Å². The average Bonchev–Trinajstić information content (AvgIpc) is 3.86. The first-order valence-electron chi connectivity index (χ1n) is 24.3. The number of hydrogen-bond donors (Lipinski definition) is 6. The van der Waals surface area contributed by atoms with Gasteiger partial charge in [0.05, 0.1) is 33.5 Å². The number of nitrogens with one attached hydrogen (secondary N) is 2. The molecule has 0 spiro atoms. The number of phosphoric ester groups is 3. The minimum Gasteiger partial charge on any atom is -0.790 e. The summed E-state index contributed by atoms with van der Waals surface area (Å²) >= 11 is 0.987. The Morgan fingerprint density at radius 1 is 0.889 bits per heavy atom. The molecule has 1 aliphatic rings. The van der Waals surface area contributed by atoms with Crippen LogP contribution >= 0.6 is 35.2 Å². The number of carbonyl (C=O) groups is 3. The number of aromatic nitrogens is 4. The molecule has 2 aromatic rings. The molecule has 25 nitrogen and oxygen atoms in total. The lowest BCUT2D eigenvalue weighted by atomic mass is 9.87. The van der Waals surface area contributed by atoms with Crippen molar-refractivity contribution in [1.29, 1.82) is 0 Å². The number of aliphatic hydroxyl groups is 3. The van der Waals surface area contributed by atoms with Gasteiger partial charge in [-0.15, -0.1) is 0 Å². The van der Waals surface area contributed by atoms with E-state index >= 15 is 0 Å². The number of rotatable bonds is 38. The van der Waals surface area contributed by atoms with Crippen molar-refractivity contribution < 1.29 is 85.6 Å². The fraction of sp³-hybridized carbons (Fsp3) is 0.767. The van der Waals surface area contributed by atoms with Gasteiger partial charge < -0.3 is 74.1 Å². The molecule has 2 aromatic heterocycles. The zero-order valence-electron chi connectivity index (χ0n) is 41.1. The molecule has 0 aliphatic carbocycles. The highest BCUT2D eigenvalue weighted by Crippen LogP contribution is 2.56. The first-order valence-corrected chi connectivity index (χ1v) is 29.6. The van der Waals surface area contributed by atoms with Crippen molar-refractivity contribution in [1.82, 2.24) is 30.2 Å². The summed E-state index contributed by atoms with van der Waals surface area (Å²) in [5, 5.41) is 36.5. The van der Waals surface area contributed by atoms with Gasteiger partial charge in [0.15, 0.2) is 22.8 Å². The Balaban J connectivity index is 1.27. The SMILES string of the molecule is CCCCCCCC/C=C\CCCCCCCCC[C@H](O)CC(=O)SCCNC(=O)CCNC(=O)[C@H](O)C(C)(C)COP(=O)([O-])OP(=O)([O-])OC[C@H]1O[C@@H](n2cnc3c(N)ncnc32)[C@H](O)[C@@H]1OP(=O)([O-])[O-]. The standard InChI is InChI=1S/C43H76N7O18P3S/c1-4-5-6-7-8-9-10-11-12-13-14-15-16-17-18-19-20-21-31(51)26-34(53)72-25-24-45-33(52)22-23-46-41(56)38(55)43(2,3)28-65-71(62,63)68-70(60,61)64-27-32-37(67-69(57,58)59)36(54)42(66-32)50-30-49-35-39(44)47-29-48-40(35)50/h11-12,29-32,36-38,42,51,54-55H,4-10,13-28H2,1-3H3,(H,45,52)(H,46,56)(H,60,61)(H,62,63)(H2,44,47,48)(H2,57,58,59)/p-4/b12-11-/t31-,32+,36+,37+,38-,42+/m0/s1. The van der Waals surface area contributed by atoms with Crippen LogP contribution in [0.2, 0.25) is 0 Å². The number of nitrogen functional groups attached to an aromatic ring is 1. The molecular weight excluding hydrogens is 1030 g/mol. The molecule has 29 heteroatoms. The smallest absolute Gasteiger partial charge is 0.274 e. The van der Waals surface area contributed by atoms with Crippen LogP contribution in [0.5, 0.6) is 0 Å². The number of unbranched alkanes of at least 4 members (excludes halogenated alkanes) is 13. The Hall–Kier alpha value is -2.74. The van der Waals surface area contributed by atoms with Crippen molar-refractivity contribution >= 4 is 69.1 Å². The minimum atomic E-state index is -5.93. The molecule has 3 heterocycles. The molecule has 7 N–H and O–H groups in total. The normalized spacial score (nSPS) is 20.1. The zero-order chi connectivity index (χ0) is 53.4. The molecule has 72 heavy (non-hydrogen) atoms. The maximum absolute atomic E-state index is 12.7. The number of imidazole rings is 1. The van der Waals surface area contributed by atoms with Crippen LogP contribution in [0.4, 0.5) is 5.82 Å². The molecule has 0 saturated carbocycles. The Labute approximate surface area is 424 Å². The lowest BCUT2D eigenvalue weighted by Crippen LogP contribution is -2.46. The van der Waals surface area contributed by atoms with Gasteiger partial charge in [0, 0.05) is 37.1 Å². The Morgan fingerprint density at radius 2 is 1.50 bits per heavy atom. The molecule has 0 bridgehead atoms. The molecule has 8 atom stereocenters. The molecule has 412 valence electrons. The number of anilines is 1. The highest BCUT2D eigenvalue weighted by molar-refractivity contribution is 8.13. The van der Waals surface area contributed by atoms with E-state index in [0.29, 0.717) is 6.42 Å². The highest BCUT2D eigenvalue weighted by Gasteiger charge is 2.47. The van der Waals surface area contributed by atoms with Crippen LogP contribution in [-0.4, -0.2) is 114 Å². The third-order valence-electron chi connectivity index (χ3n) is 11.4. The number of allylic oxidation sites excluding steroid dienone is 2. The molecule has 2 unspecified atom stereocenters. The number of carbonyl (C=O) groups excluding carboxylic acids is 3. The first kappa shape index (κ1) is 63.6. The van der Waals surface area contributed by atoms with E-state index in [1.54, 1.807) is 0 Å². The highest BCUT2D eigenvalue weighted by atomic mass is 32.2. The molecule has 1 aliphatic heterocycles. The minimum absolute atomic E-state index is 0.0113. The summed E-state index contributed by atoms with van der Waals surface area (Å²) in [6, 6.07) is 0. The number of aliphatic hydroxyl groups excluding tert-OH is 3. The summed E-state index contributed by atoms with van der Waals surface area (Å²) in [5.74, 6) is -1.33. The fourth-order valence-electron chi connectivity index (χ4n) is 7.43. The van der Waals surface area contributed by atoms with Crippen molar-refractivity contribution in [3.05, 3.63) is 24.8 Å². The number of ether oxygens (including phenoxy) is 1. The Morgan fingerprint density at radius 3 is 2.14 bits per heavy atom. The van der Waals surface area contributed by atoms with Crippen molar-refractivity contribution in [2.75, 3.05) is 37.8 Å². The van der Waals surface area contributed by atoms with Gasteiger partial charge in [-0.2, -0.15) is 0 Å². The number of thioether (sulfide) groups is 1. The fourth-order valence-corrected chi connectivity index (χ4v) is 10.9. The van der Waals surface area contributed by atoms with Crippen LogP contribution < -0.4 is 35.9 Å². The molecule has 2 amide bonds. The van der Waals surface area contributed by atoms with E-state index in [9.17, 15) is 63.0 Å². The second-order valence-corrected chi connectivity index (χ2v) is 23.4. The predicted molar refractivity (Wildman–Crippen MR) is 258 cm³/mol. The van der Waals surface area contributed by atoms with Gasteiger partial charge in [0.2, 0.25) is 11.8 Å². The maximum atomic E-state index is 12.7. The third kappa shape index (κ3) is 24.3. The maximum Gasteiger partial charge on any atom is 0.274 e. The van der Waals surface area contributed by atoms with Crippen molar-refractivity contribution in [2.45, 2.75) is 173 Å². The summed E-state index contributed by atoms with van der Waals surface area (Å²) in [7, 11) is -17.6. The third-order valence-corrected chi connectivity index (χ3v) is 15.4. The Kier molecular flexibility index (Phi) is 28.2. The van der Waals surface area contributed by atoms with Gasteiger partial charge in [0.25, 0.3) is 15.6 Å². The molecule has 0 aromatic carbocycles. The largest absolute Gasteiger partial charge is 0.790 e. The second-order valence-electron chi connectivity index (χ2n) is 18.1. The van der Waals surface area contributed by atoms with Gasteiger partial charge in [-0.05, 0) is 32.1 Å². The van der Waals surface area contributed by atoms with Crippen molar-refractivity contribution in [2.24, 2.45) is 5.41 Å². The molecule has 1 saturated heterocycles. The Bertz CT molecular complexity index is 2150. The lowest BCUT2D eigenvalue weighted by Gasteiger charge is -2.36. The van der Waals surface area contributed by atoms with E-state index in [1.807, 2.05) is 0 Å². The number of amides is 2. The van der Waals surface area contributed by atoms with E-state index in [0.717, 1.165) is 61.1 Å². The van der Waals surface area contributed by atoms with Gasteiger partial charge in [-0.3, -0.25) is 28.1 Å². The quantitative estimate of drug-likeness (QED) is 0.0320. The zero-order valence-corrected chi connectivity index (χ0v) is 44.6. The molecule has 1 fully saturated rings. The number of phosphoric acid groups is 3. The number of hydrogen-bond acceptors (Lipinski definition) is 23. The topological polar surface area (TPSA) is 395 Å². The van der Waals surface area contributed by atoms with E-state index in [-0.39, 0.29) is 53.8 Å². The van der Waals surface area contributed by atoms with Crippen molar-refractivity contribution in [3.63, 3.8) is 0 Å². The van der Waals surface area contributed by atoms with Crippen LogP contribution in [0.25, 0.3) is 11.2 Å². The van der Waals surface area contributed by atoms with Gasteiger partial charge in [-0.25, -0.2) is 19.3 Å². The average molecular weight is 1100 g/mol. The summed E-state index contributed by atoms with van der Waals surface area (Å²) in [6.45, 7) is 2.23. The molecule has 3 rings (SSSR count). The van der Waals surface area contributed by atoms with Crippen LogP contribution in [-0.2, 0) is 50.7 Å². The predicted octanol–water partition coefficient (Wildman–Crippen LogP) is 2.71. The summed E-state index contributed by atoms with van der Waals surface area (Å²) in [6.07, 6.45) is 14.8. The molecular formula is C43H72N7O18P3S-4. The van der Waals surface area contributed by atoms with Gasteiger partial charge >= 0.3 is 0 Å². The van der Waals surface area contributed by atoms with Crippen LogP contribution in [0.1, 0.15) is 143 Å². The van der Waals surface area contributed by atoms with E-state index in [1.165, 1.54) is 78.1 Å². The molecule has 0 radical (unpaired) electrons. The number of nitrogens with two attached hydrogens (primary N) is 1. The second kappa shape index (κ2) is 32.0. The van der Waals surface area contributed by atoms with Gasteiger partial charge in [0.1, 0.15) is 36.3 Å². The van der Waals surface area contributed by atoms with E-state index < -0.39 is 90.7 Å². The lowest BCUT2D eigenvalue weighted by molar-refractivity contribution is -0.347. The number of nitrogens with zero attached hydrogens (tertiary/aromatic N) is 4. The van der Waals surface area contributed by atoms with Crippen LogP contribution in [0.15, 0.2) is 24.8 Å². The van der Waals surface area contributed by atoms with Crippen LogP contribution in [0, 0.1) is 5.41 Å².